The summed E-state index contributed by atoms with van der Waals surface area (Å²) in [6.45, 7) is 5.64. The Hall–Kier alpha value is -1.91. The maximum absolute atomic E-state index is 12.9. The van der Waals surface area contributed by atoms with Crippen LogP contribution in [0.4, 0.5) is 0 Å². The van der Waals surface area contributed by atoms with Crippen molar-refractivity contribution in [3.63, 3.8) is 0 Å². The van der Waals surface area contributed by atoms with E-state index in [1.165, 1.54) is 23.1 Å². The number of ether oxygens (including phenoxy) is 1. The minimum atomic E-state index is -4.02. The van der Waals surface area contributed by atoms with Crippen LogP contribution in [-0.4, -0.2) is 74.0 Å². The van der Waals surface area contributed by atoms with E-state index in [4.69, 9.17) is 9.15 Å². The van der Waals surface area contributed by atoms with Crippen LogP contribution in [0.15, 0.2) is 9.31 Å². The molecule has 10 heteroatoms. The van der Waals surface area contributed by atoms with E-state index in [0.29, 0.717) is 6.61 Å². The summed E-state index contributed by atoms with van der Waals surface area (Å²) >= 11 is 0. The van der Waals surface area contributed by atoms with Crippen LogP contribution in [0.3, 0.4) is 0 Å². The maximum Gasteiger partial charge on any atom is 0.340 e. The highest BCUT2D eigenvalue weighted by molar-refractivity contribution is 7.89. The lowest BCUT2D eigenvalue weighted by Crippen LogP contribution is -2.51. The third kappa shape index (κ3) is 3.86. The van der Waals surface area contributed by atoms with Gasteiger partial charge in [0.1, 0.15) is 28.6 Å². The zero-order valence-electron chi connectivity index (χ0n) is 14.4. The summed E-state index contributed by atoms with van der Waals surface area (Å²) < 4.78 is 37.2. The molecule has 1 aromatic rings. The number of piperazine rings is 1. The largest absolute Gasteiger partial charge is 0.478 e. The molecule has 1 aromatic heterocycles. The smallest absolute Gasteiger partial charge is 0.340 e. The highest BCUT2D eigenvalue weighted by Crippen LogP contribution is 2.29. The SMILES string of the molecule is CCOCC(=O)N1CCN(S(=O)(=O)c2c(C)oc(C)c2C(=O)O)CC1. The van der Waals surface area contributed by atoms with Gasteiger partial charge in [-0.25, -0.2) is 13.2 Å². The fraction of sp³-hybridized carbons (Fsp3) is 0.600. The number of aryl methyl sites for hydroxylation is 2. The maximum atomic E-state index is 12.9. The second-order valence-corrected chi connectivity index (χ2v) is 7.52. The van der Waals surface area contributed by atoms with Gasteiger partial charge in [0.15, 0.2) is 0 Å². The molecule has 1 saturated heterocycles. The van der Waals surface area contributed by atoms with Gasteiger partial charge in [-0.3, -0.25) is 4.79 Å². The molecule has 0 aromatic carbocycles. The Kier molecular flexibility index (Phi) is 5.86. The highest BCUT2D eigenvalue weighted by Gasteiger charge is 2.37. The Morgan fingerprint density at radius 2 is 1.76 bits per heavy atom. The number of amides is 1. The van der Waals surface area contributed by atoms with E-state index in [9.17, 15) is 23.1 Å². The summed E-state index contributed by atoms with van der Waals surface area (Å²) in [6.07, 6.45) is 0. The summed E-state index contributed by atoms with van der Waals surface area (Å²) in [6, 6.07) is 0. The molecule has 1 aliphatic rings. The molecule has 0 spiro atoms. The number of nitrogens with zero attached hydrogens (tertiary/aromatic N) is 2. The van der Waals surface area contributed by atoms with Crippen LogP contribution >= 0.6 is 0 Å². The lowest BCUT2D eigenvalue weighted by molar-refractivity contribution is -0.137. The molecule has 0 radical (unpaired) electrons. The second kappa shape index (κ2) is 7.54. The van der Waals surface area contributed by atoms with Crippen molar-refractivity contribution in [2.75, 3.05) is 39.4 Å². The first-order chi connectivity index (χ1) is 11.7. The lowest BCUT2D eigenvalue weighted by Gasteiger charge is -2.33. The predicted molar refractivity (Wildman–Crippen MR) is 87.0 cm³/mol. The number of sulfonamides is 1. The van der Waals surface area contributed by atoms with Crippen molar-refractivity contribution in [2.45, 2.75) is 25.7 Å². The Labute approximate surface area is 146 Å². The number of carboxylic acid groups (broad SMARTS) is 1. The van der Waals surface area contributed by atoms with Gasteiger partial charge in [-0.15, -0.1) is 0 Å². The second-order valence-electron chi connectivity index (χ2n) is 5.65. The first-order valence-corrected chi connectivity index (χ1v) is 9.33. The summed E-state index contributed by atoms with van der Waals surface area (Å²) in [5.74, 6) is -1.45. The van der Waals surface area contributed by atoms with E-state index in [0.717, 1.165) is 0 Å². The molecule has 1 amide bonds. The van der Waals surface area contributed by atoms with E-state index < -0.39 is 16.0 Å². The molecule has 25 heavy (non-hydrogen) atoms. The van der Waals surface area contributed by atoms with Crippen LogP contribution < -0.4 is 0 Å². The third-order valence-electron chi connectivity index (χ3n) is 4.04. The number of carbonyl (C=O) groups excluding carboxylic acids is 1. The normalized spacial score (nSPS) is 16.2. The van der Waals surface area contributed by atoms with Gasteiger partial charge in [0, 0.05) is 32.8 Å². The minimum absolute atomic E-state index is 0.0353. The van der Waals surface area contributed by atoms with Gasteiger partial charge in [-0.05, 0) is 20.8 Å². The number of hydrogen-bond acceptors (Lipinski definition) is 6. The van der Waals surface area contributed by atoms with E-state index in [1.807, 2.05) is 0 Å². The van der Waals surface area contributed by atoms with E-state index >= 15 is 0 Å². The van der Waals surface area contributed by atoms with Crippen molar-refractivity contribution in [1.29, 1.82) is 0 Å². The molecule has 0 atom stereocenters. The standard InChI is InChI=1S/C15H22N2O7S/c1-4-23-9-12(18)16-5-7-17(8-6-16)25(21,22)14-11(3)24-10(2)13(14)15(19)20/h4-9H2,1-3H3,(H,19,20). The van der Waals surface area contributed by atoms with Crippen molar-refractivity contribution >= 4 is 21.9 Å². The first-order valence-electron chi connectivity index (χ1n) is 7.89. The number of carbonyl (C=O) groups is 2. The van der Waals surface area contributed by atoms with Crippen LogP contribution in [0.25, 0.3) is 0 Å². The van der Waals surface area contributed by atoms with E-state index in [2.05, 4.69) is 0 Å². The summed E-state index contributed by atoms with van der Waals surface area (Å²) in [7, 11) is -4.02. The Morgan fingerprint density at radius 3 is 2.28 bits per heavy atom. The van der Waals surface area contributed by atoms with Crippen molar-refractivity contribution < 1.29 is 32.3 Å². The fourth-order valence-corrected chi connectivity index (χ4v) is 4.61. The average molecular weight is 374 g/mol. The van der Waals surface area contributed by atoms with Crippen LogP contribution in [0.2, 0.25) is 0 Å². The van der Waals surface area contributed by atoms with Crippen molar-refractivity contribution in [2.24, 2.45) is 0 Å². The van der Waals surface area contributed by atoms with Gasteiger partial charge in [0.2, 0.25) is 15.9 Å². The Bertz CT molecular complexity index is 761. The highest BCUT2D eigenvalue weighted by atomic mass is 32.2. The van der Waals surface area contributed by atoms with Gasteiger partial charge in [0.05, 0.1) is 0 Å². The van der Waals surface area contributed by atoms with Gasteiger partial charge in [-0.1, -0.05) is 0 Å². The Balaban J connectivity index is 2.18. The van der Waals surface area contributed by atoms with Crippen LogP contribution in [-0.2, 0) is 19.6 Å². The fourth-order valence-electron chi connectivity index (χ4n) is 2.81. The van der Waals surface area contributed by atoms with Crippen molar-refractivity contribution in [1.82, 2.24) is 9.21 Å². The summed E-state index contributed by atoms with van der Waals surface area (Å²) in [5.41, 5.74) is -0.340. The zero-order valence-corrected chi connectivity index (χ0v) is 15.3. The van der Waals surface area contributed by atoms with Crippen molar-refractivity contribution in [3.05, 3.63) is 17.1 Å². The van der Waals surface area contributed by atoms with Gasteiger partial charge in [0.25, 0.3) is 0 Å². The van der Waals surface area contributed by atoms with Crippen LogP contribution in [0.1, 0.15) is 28.8 Å². The average Bonchev–Trinajstić information content (AvgIpc) is 2.87. The van der Waals surface area contributed by atoms with E-state index in [1.54, 1.807) is 6.92 Å². The molecule has 1 fully saturated rings. The van der Waals surface area contributed by atoms with Crippen LogP contribution in [0, 0.1) is 13.8 Å². The molecule has 0 unspecified atom stereocenters. The van der Waals surface area contributed by atoms with Gasteiger partial charge in [-0.2, -0.15) is 4.31 Å². The quantitative estimate of drug-likeness (QED) is 0.769. The number of furan rings is 1. The Morgan fingerprint density at radius 1 is 1.16 bits per heavy atom. The van der Waals surface area contributed by atoms with Gasteiger partial charge < -0.3 is 19.2 Å². The topological polar surface area (TPSA) is 117 Å². The monoisotopic (exact) mass is 374 g/mol. The molecular weight excluding hydrogens is 352 g/mol. The van der Waals surface area contributed by atoms with Crippen molar-refractivity contribution in [3.8, 4) is 0 Å². The van der Waals surface area contributed by atoms with E-state index in [-0.39, 0.29) is 60.7 Å². The van der Waals surface area contributed by atoms with Crippen LogP contribution in [0.5, 0.6) is 0 Å². The predicted octanol–water partition coefficient (Wildman–Crippen LogP) is 0.464. The molecule has 1 aliphatic heterocycles. The molecule has 0 saturated carbocycles. The molecule has 1 N–H and O–H groups in total. The zero-order chi connectivity index (χ0) is 18.8. The minimum Gasteiger partial charge on any atom is -0.478 e. The third-order valence-corrected chi connectivity index (χ3v) is 6.09. The first kappa shape index (κ1) is 19.4. The number of aromatic carboxylic acids is 1. The molecule has 0 bridgehead atoms. The molecule has 2 rings (SSSR count). The molecule has 2 heterocycles. The summed E-state index contributed by atoms with van der Waals surface area (Å²) in [5, 5.41) is 9.31. The lowest BCUT2D eigenvalue weighted by atomic mass is 10.2. The van der Waals surface area contributed by atoms with Gasteiger partial charge >= 0.3 is 5.97 Å². The number of rotatable bonds is 6. The summed E-state index contributed by atoms with van der Waals surface area (Å²) in [4.78, 5) is 24.6. The number of carboxylic acids is 1. The molecule has 9 nitrogen and oxygen atoms in total. The molecular formula is C15H22N2O7S. The number of hydrogen-bond donors (Lipinski definition) is 1. The molecule has 140 valence electrons. The molecule has 0 aliphatic carbocycles.